The molecule has 0 fully saturated rings. The molecule has 2 unspecified atom stereocenters. The number of carbonyl (C=O) groups excluding carboxylic acids is 1. The second-order valence-electron chi connectivity index (χ2n) is 3.46. The smallest absolute Gasteiger partial charge is 0.230 e. The van der Waals surface area contributed by atoms with Crippen LogP contribution in [0.3, 0.4) is 0 Å². The highest BCUT2D eigenvalue weighted by atomic mass is 16.5. The van der Waals surface area contributed by atoms with Gasteiger partial charge in [0.1, 0.15) is 5.76 Å². The normalized spacial score (nSPS) is 14.9. The molecule has 2 atom stereocenters. The number of hydrogen-bond acceptors (Lipinski definition) is 4. The zero-order valence-electron chi connectivity index (χ0n) is 8.57. The molecule has 5 nitrogen and oxygen atoms in total. The molecule has 0 spiro atoms. The average molecular weight is 197 g/mol. The van der Waals surface area contributed by atoms with Gasteiger partial charge in [0.2, 0.25) is 5.91 Å². The summed E-state index contributed by atoms with van der Waals surface area (Å²) in [5, 5.41) is 6.27. The van der Waals surface area contributed by atoms with Crippen LogP contribution in [0.2, 0.25) is 0 Å². The molecule has 1 aromatic heterocycles. The van der Waals surface area contributed by atoms with E-state index in [1.165, 1.54) is 0 Å². The average Bonchev–Trinajstić information content (AvgIpc) is 2.49. The second kappa shape index (κ2) is 4.23. The molecule has 5 heteroatoms. The lowest BCUT2D eigenvalue weighted by Crippen LogP contribution is -2.34. The van der Waals surface area contributed by atoms with Gasteiger partial charge in [-0.2, -0.15) is 0 Å². The van der Waals surface area contributed by atoms with E-state index in [2.05, 4.69) is 10.5 Å². The fourth-order valence-electron chi connectivity index (χ4n) is 0.904. The maximum atomic E-state index is 11.5. The van der Waals surface area contributed by atoms with Gasteiger partial charge in [0.25, 0.3) is 0 Å². The van der Waals surface area contributed by atoms with Gasteiger partial charge < -0.3 is 15.6 Å². The lowest BCUT2D eigenvalue weighted by molar-refractivity contribution is -0.119. The number of aryl methyl sites for hydroxylation is 1. The zero-order valence-corrected chi connectivity index (χ0v) is 8.57. The predicted octanol–water partition coefficient (Wildman–Crippen LogP) is 0.905. The molecule has 1 amide bonds. The summed E-state index contributed by atoms with van der Waals surface area (Å²) in [5.41, 5.74) is 5.59. The van der Waals surface area contributed by atoms with Crippen LogP contribution in [0.1, 0.15) is 19.6 Å². The van der Waals surface area contributed by atoms with Gasteiger partial charge in [-0.25, -0.2) is 0 Å². The van der Waals surface area contributed by atoms with Crippen molar-refractivity contribution in [3.63, 3.8) is 0 Å². The highest BCUT2D eigenvalue weighted by Crippen LogP contribution is 2.09. The highest BCUT2D eigenvalue weighted by Gasteiger charge is 2.17. The van der Waals surface area contributed by atoms with Crippen molar-refractivity contribution in [2.45, 2.75) is 26.8 Å². The SMILES string of the molecule is Cc1cc(NC(=O)C(C)C(C)N)no1. The highest BCUT2D eigenvalue weighted by molar-refractivity contribution is 5.91. The summed E-state index contributed by atoms with van der Waals surface area (Å²) in [6.45, 7) is 5.32. The van der Waals surface area contributed by atoms with E-state index >= 15 is 0 Å². The molecule has 0 aliphatic carbocycles. The molecule has 14 heavy (non-hydrogen) atoms. The first-order valence-corrected chi connectivity index (χ1v) is 4.50. The summed E-state index contributed by atoms with van der Waals surface area (Å²) in [6, 6.07) is 1.48. The number of hydrogen-bond donors (Lipinski definition) is 2. The van der Waals surface area contributed by atoms with E-state index in [0.717, 1.165) is 0 Å². The van der Waals surface area contributed by atoms with E-state index in [1.54, 1.807) is 26.8 Å². The van der Waals surface area contributed by atoms with Crippen molar-refractivity contribution in [3.05, 3.63) is 11.8 Å². The quantitative estimate of drug-likeness (QED) is 0.754. The summed E-state index contributed by atoms with van der Waals surface area (Å²) in [6.07, 6.45) is 0. The zero-order chi connectivity index (χ0) is 10.7. The number of nitrogens with zero attached hydrogens (tertiary/aromatic N) is 1. The number of aromatic nitrogens is 1. The third kappa shape index (κ3) is 2.56. The minimum atomic E-state index is -0.244. The van der Waals surface area contributed by atoms with Crippen molar-refractivity contribution in [1.29, 1.82) is 0 Å². The standard InChI is InChI=1S/C9H15N3O2/c1-5-4-8(12-14-5)11-9(13)6(2)7(3)10/h4,6-7H,10H2,1-3H3,(H,11,12,13). The van der Waals surface area contributed by atoms with Gasteiger partial charge in [0.05, 0.1) is 5.92 Å². The lowest BCUT2D eigenvalue weighted by Gasteiger charge is -2.13. The van der Waals surface area contributed by atoms with Crippen molar-refractivity contribution >= 4 is 11.7 Å². The minimum absolute atomic E-state index is 0.145. The molecule has 0 bridgehead atoms. The summed E-state index contributed by atoms with van der Waals surface area (Å²) < 4.78 is 4.81. The van der Waals surface area contributed by atoms with Crippen molar-refractivity contribution in [3.8, 4) is 0 Å². The monoisotopic (exact) mass is 197 g/mol. The van der Waals surface area contributed by atoms with Crippen LogP contribution >= 0.6 is 0 Å². The lowest BCUT2D eigenvalue weighted by atomic mass is 10.0. The Morgan fingerprint density at radius 1 is 1.64 bits per heavy atom. The molecule has 0 saturated heterocycles. The Bertz CT molecular complexity index is 320. The molecule has 1 rings (SSSR count). The maximum absolute atomic E-state index is 11.5. The number of carbonyl (C=O) groups is 1. The first-order chi connectivity index (χ1) is 6.50. The van der Waals surface area contributed by atoms with Crippen molar-refractivity contribution in [1.82, 2.24) is 5.16 Å². The van der Waals surface area contributed by atoms with Crippen LogP contribution in [-0.2, 0) is 4.79 Å². The van der Waals surface area contributed by atoms with Crippen molar-refractivity contribution < 1.29 is 9.32 Å². The van der Waals surface area contributed by atoms with Gasteiger partial charge in [-0.15, -0.1) is 0 Å². The maximum Gasteiger partial charge on any atom is 0.230 e. The van der Waals surface area contributed by atoms with Crippen molar-refractivity contribution in [2.24, 2.45) is 11.7 Å². The summed E-state index contributed by atoms with van der Waals surface area (Å²) in [5.74, 6) is 0.703. The third-order valence-electron chi connectivity index (χ3n) is 2.08. The van der Waals surface area contributed by atoms with Gasteiger partial charge >= 0.3 is 0 Å². The molecule has 0 aliphatic heterocycles. The van der Waals surface area contributed by atoms with Crippen LogP contribution < -0.4 is 11.1 Å². The van der Waals surface area contributed by atoms with Gasteiger partial charge in [0, 0.05) is 12.1 Å². The molecule has 0 aliphatic rings. The van der Waals surface area contributed by atoms with Crippen LogP contribution in [0.4, 0.5) is 5.82 Å². The predicted molar refractivity (Wildman–Crippen MR) is 52.7 cm³/mol. The second-order valence-corrected chi connectivity index (χ2v) is 3.46. The first kappa shape index (κ1) is 10.7. The van der Waals surface area contributed by atoms with E-state index in [4.69, 9.17) is 10.3 Å². The third-order valence-corrected chi connectivity index (χ3v) is 2.08. The fourth-order valence-corrected chi connectivity index (χ4v) is 0.904. The molecular formula is C9H15N3O2. The molecule has 3 N–H and O–H groups in total. The van der Waals surface area contributed by atoms with E-state index < -0.39 is 0 Å². The number of anilines is 1. The fraction of sp³-hybridized carbons (Fsp3) is 0.556. The number of amides is 1. The molecule has 0 radical (unpaired) electrons. The first-order valence-electron chi connectivity index (χ1n) is 4.50. The Hall–Kier alpha value is -1.36. The Labute approximate surface area is 82.6 Å². The number of rotatable bonds is 3. The summed E-state index contributed by atoms with van der Waals surface area (Å²) >= 11 is 0. The van der Waals surface area contributed by atoms with Gasteiger partial charge in [-0.3, -0.25) is 4.79 Å². The van der Waals surface area contributed by atoms with Gasteiger partial charge in [0.15, 0.2) is 5.82 Å². The van der Waals surface area contributed by atoms with E-state index in [9.17, 15) is 4.79 Å². The Morgan fingerprint density at radius 3 is 2.71 bits per heavy atom. The molecule has 0 saturated carbocycles. The summed E-state index contributed by atoms with van der Waals surface area (Å²) in [4.78, 5) is 11.5. The molecule has 0 aromatic carbocycles. The number of nitrogens with two attached hydrogens (primary N) is 1. The molecule has 78 valence electrons. The minimum Gasteiger partial charge on any atom is -0.360 e. The van der Waals surface area contributed by atoms with Crippen LogP contribution in [0, 0.1) is 12.8 Å². The van der Waals surface area contributed by atoms with E-state index in [0.29, 0.717) is 11.6 Å². The molecule has 1 aromatic rings. The number of nitrogens with one attached hydrogen (secondary N) is 1. The Kier molecular flexibility index (Phi) is 3.24. The van der Waals surface area contributed by atoms with E-state index in [1.807, 2.05) is 0 Å². The van der Waals surface area contributed by atoms with Crippen LogP contribution in [0.25, 0.3) is 0 Å². The van der Waals surface area contributed by atoms with Gasteiger partial charge in [-0.1, -0.05) is 12.1 Å². The Morgan fingerprint density at radius 2 is 2.29 bits per heavy atom. The van der Waals surface area contributed by atoms with Crippen LogP contribution in [0.5, 0.6) is 0 Å². The van der Waals surface area contributed by atoms with Crippen molar-refractivity contribution in [2.75, 3.05) is 5.32 Å². The van der Waals surface area contributed by atoms with Crippen LogP contribution in [0.15, 0.2) is 10.6 Å². The van der Waals surface area contributed by atoms with E-state index in [-0.39, 0.29) is 17.9 Å². The largest absolute Gasteiger partial charge is 0.360 e. The topological polar surface area (TPSA) is 81.2 Å². The molecule has 1 heterocycles. The summed E-state index contributed by atoms with van der Waals surface area (Å²) in [7, 11) is 0. The van der Waals surface area contributed by atoms with Crippen LogP contribution in [-0.4, -0.2) is 17.1 Å². The Balaban J connectivity index is 2.57. The van der Waals surface area contributed by atoms with Gasteiger partial charge in [-0.05, 0) is 13.8 Å². The molecular weight excluding hydrogens is 182 g/mol.